The standard InChI is InChI=1S/C12H9BrO6S/c1-20(17,18)12(7-3-2-4-8(13)5-7)10(14)6-9(19-12)11(15)16/h2-6H,1H3,(H,15,16). The molecule has 0 radical (unpaired) electrons. The zero-order valence-corrected chi connectivity index (χ0v) is 12.6. The molecule has 0 saturated heterocycles. The molecule has 0 aromatic heterocycles. The van der Waals surface area contributed by atoms with Crippen molar-refractivity contribution < 1.29 is 27.9 Å². The Morgan fingerprint density at radius 2 is 2.05 bits per heavy atom. The molecule has 0 bridgehead atoms. The smallest absolute Gasteiger partial charge is 0.371 e. The summed E-state index contributed by atoms with van der Waals surface area (Å²) in [5.41, 5.74) is 0.0480. The van der Waals surface area contributed by atoms with Crippen molar-refractivity contribution in [3.63, 3.8) is 0 Å². The molecular formula is C12H9BrO6S. The van der Waals surface area contributed by atoms with Gasteiger partial charge in [0.05, 0.1) is 0 Å². The van der Waals surface area contributed by atoms with Gasteiger partial charge >= 0.3 is 5.97 Å². The molecule has 1 aliphatic heterocycles. The fourth-order valence-electron chi connectivity index (χ4n) is 1.92. The van der Waals surface area contributed by atoms with Gasteiger partial charge in [0.1, 0.15) is 0 Å². The Kier molecular flexibility index (Phi) is 3.47. The Morgan fingerprint density at radius 1 is 1.40 bits per heavy atom. The quantitative estimate of drug-likeness (QED) is 0.869. The second-order valence-corrected chi connectivity index (χ2v) is 7.21. The van der Waals surface area contributed by atoms with Crippen molar-refractivity contribution >= 4 is 37.5 Å². The Morgan fingerprint density at radius 3 is 2.50 bits per heavy atom. The Hall–Kier alpha value is -1.67. The Balaban J connectivity index is 2.69. The zero-order valence-electron chi connectivity index (χ0n) is 10.2. The second-order valence-electron chi connectivity index (χ2n) is 4.18. The largest absolute Gasteiger partial charge is 0.475 e. The van der Waals surface area contributed by atoms with E-state index in [1.54, 1.807) is 6.07 Å². The van der Waals surface area contributed by atoms with Crippen LogP contribution in [-0.2, 0) is 29.1 Å². The Bertz CT molecular complexity index is 736. The van der Waals surface area contributed by atoms with Crippen molar-refractivity contribution in [1.29, 1.82) is 0 Å². The molecule has 20 heavy (non-hydrogen) atoms. The molecule has 0 saturated carbocycles. The second kappa shape index (κ2) is 4.71. The minimum absolute atomic E-state index is 0.0480. The number of rotatable bonds is 3. The summed E-state index contributed by atoms with van der Waals surface area (Å²) in [6.45, 7) is 0. The van der Waals surface area contributed by atoms with Gasteiger partial charge in [0.2, 0.25) is 21.4 Å². The number of carbonyl (C=O) groups excluding carboxylic acids is 1. The van der Waals surface area contributed by atoms with Gasteiger partial charge in [0.25, 0.3) is 4.93 Å². The number of halogens is 1. The van der Waals surface area contributed by atoms with E-state index < -0.39 is 32.3 Å². The third kappa shape index (κ3) is 2.14. The zero-order chi connectivity index (χ0) is 15.1. The molecule has 8 heteroatoms. The Labute approximate surface area is 123 Å². The maximum Gasteiger partial charge on any atom is 0.371 e. The van der Waals surface area contributed by atoms with E-state index in [1.807, 2.05) is 0 Å². The maximum atomic E-state index is 12.1. The summed E-state index contributed by atoms with van der Waals surface area (Å²) in [6.07, 6.45) is 1.51. The van der Waals surface area contributed by atoms with Crippen molar-refractivity contribution in [2.45, 2.75) is 4.93 Å². The molecule has 0 spiro atoms. The van der Waals surface area contributed by atoms with E-state index >= 15 is 0 Å². The van der Waals surface area contributed by atoms with Crippen LogP contribution in [0.2, 0.25) is 0 Å². The molecule has 0 fully saturated rings. The number of sulfone groups is 1. The van der Waals surface area contributed by atoms with Crippen LogP contribution < -0.4 is 0 Å². The first-order valence-corrected chi connectivity index (χ1v) is 8.01. The summed E-state index contributed by atoms with van der Waals surface area (Å²) >= 11 is 3.17. The summed E-state index contributed by atoms with van der Waals surface area (Å²) in [5.74, 6) is -3.13. The van der Waals surface area contributed by atoms with Crippen LogP contribution in [-0.4, -0.2) is 31.5 Å². The van der Waals surface area contributed by atoms with E-state index in [2.05, 4.69) is 15.9 Å². The number of hydrogen-bond donors (Lipinski definition) is 1. The summed E-state index contributed by atoms with van der Waals surface area (Å²) < 4.78 is 29.7. The summed E-state index contributed by atoms with van der Waals surface area (Å²) in [4.78, 5) is 20.7. The van der Waals surface area contributed by atoms with Crippen LogP contribution in [0.25, 0.3) is 0 Å². The maximum absolute atomic E-state index is 12.1. The highest BCUT2D eigenvalue weighted by Crippen LogP contribution is 2.40. The normalized spacial score (nSPS) is 22.3. The highest BCUT2D eigenvalue weighted by Gasteiger charge is 2.56. The molecule has 1 N–H and O–H groups in total. The van der Waals surface area contributed by atoms with E-state index in [0.29, 0.717) is 10.5 Å². The van der Waals surface area contributed by atoms with Gasteiger partial charge in [0.15, 0.2) is 0 Å². The molecule has 1 aromatic carbocycles. The molecule has 0 aliphatic carbocycles. The average molecular weight is 361 g/mol. The number of hydrogen-bond acceptors (Lipinski definition) is 5. The van der Waals surface area contributed by atoms with E-state index in [4.69, 9.17) is 9.84 Å². The van der Waals surface area contributed by atoms with Crippen LogP contribution in [0, 0.1) is 0 Å². The van der Waals surface area contributed by atoms with Crippen LogP contribution in [0.3, 0.4) is 0 Å². The first-order valence-electron chi connectivity index (χ1n) is 5.32. The summed E-state index contributed by atoms with van der Waals surface area (Å²) in [5, 5.41) is 8.88. The first-order chi connectivity index (χ1) is 9.18. The van der Waals surface area contributed by atoms with Gasteiger partial charge < -0.3 is 9.84 Å². The molecule has 1 atom stereocenters. The monoisotopic (exact) mass is 360 g/mol. The van der Waals surface area contributed by atoms with Gasteiger partial charge in [-0.1, -0.05) is 28.1 Å². The van der Waals surface area contributed by atoms with Crippen molar-refractivity contribution in [3.05, 3.63) is 46.1 Å². The number of ether oxygens (including phenoxy) is 1. The lowest BCUT2D eigenvalue weighted by Crippen LogP contribution is -2.41. The minimum Gasteiger partial charge on any atom is -0.475 e. The van der Waals surface area contributed by atoms with E-state index in [-0.39, 0.29) is 5.56 Å². The number of carboxylic acids is 1. The van der Waals surface area contributed by atoms with E-state index in [0.717, 1.165) is 6.26 Å². The van der Waals surface area contributed by atoms with Crippen molar-refractivity contribution in [3.8, 4) is 0 Å². The summed E-state index contributed by atoms with van der Waals surface area (Å²) in [6, 6.07) is 5.96. The molecule has 1 aromatic rings. The van der Waals surface area contributed by atoms with Gasteiger partial charge in [-0.15, -0.1) is 0 Å². The average Bonchev–Trinajstić information content (AvgIpc) is 2.67. The number of aliphatic carboxylic acids is 1. The fourth-order valence-corrected chi connectivity index (χ4v) is 3.54. The third-order valence-electron chi connectivity index (χ3n) is 2.78. The highest BCUT2D eigenvalue weighted by molar-refractivity contribution is 9.10. The van der Waals surface area contributed by atoms with Crippen LogP contribution in [0.4, 0.5) is 0 Å². The van der Waals surface area contributed by atoms with Crippen molar-refractivity contribution in [2.75, 3.05) is 6.26 Å². The van der Waals surface area contributed by atoms with Crippen molar-refractivity contribution in [1.82, 2.24) is 0 Å². The predicted octanol–water partition coefficient (Wildman–Crippen LogP) is 1.21. The number of carboxylic acid groups (broad SMARTS) is 1. The van der Waals surface area contributed by atoms with Crippen LogP contribution in [0.1, 0.15) is 5.56 Å². The number of benzene rings is 1. The number of ketones is 1. The first kappa shape index (κ1) is 14.7. The lowest BCUT2D eigenvalue weighted by molar-refractivity contribution is -0.138. The highest BCUT2D eigenvalue weighted by atomic mass is 79.9. The lowest BCUT2D eigenvalue weighted by Gasteiger charge is -2.26. The molecule has 6 nitrogen and oxygen atoms in total. The molecule has 1 unspecified atom stereocenters. The molecule has 106 valence electrons. The summed E-state index contributed by atoms with van der Waals surface area (Å²) in [7, 11) is -4.06. The number of carbonyl (C=O) groups is 2. The van der Waals surface area contributed by atoms with Gasteiger partial charge in [-0.3, -0.25) is 4.79 Å². The van der Waals surface area contributed by atoms with Crippen LogP contribution in [0.5, 0.6) is 0 Å². The predicted molar refractivity (Wildman–Crippen MR) is 72.5 cm³/mol. The van der Waals surface area contributed by atoms with Gasteiger partial charge in [-0.2, -0.15) is 0 Å². The molecule has 1 heterocycles. The molecule has 0 amide bonds. The molecular weight excluding hydrogens is 352 g/mol. The van der Waals surface area contributed by atoms with Crippen LogP contribution in [0.15, 0.2) is 40.6 Å². The van der Waals surface area contributed by atoms with Gasteiger partial charge in [-0.25, -0.2) is 13.2 Å². The van der Waals surface area contributed by atoms with Gasteiger partial charge in [-0.05, 0) is 12.1 Å². The fraction of sp³-hybridized carbons (Fsp3) is 0.167. The lowest BCUT2D eigenvalue weighted by atomic mass is 10.1. The minimum atomic E-state index is -4.06. The van der Waals surface area contributed by atoms with Gasteiger partial charge in [0, 0.05) is 22.4 Å². The SMILES string of the molecule is CS(=O)(=O)C1(c2cccc(Br)c2)OC(C(=O)O)=CC1=O. The van der Waals surface area contributed by atoms with Crippen molar-refractivity contribution in [2.24, 2.45) is 0 Å². The molecule has 2 rings (SSSR count). The van der Waals surface area contributed by atoms with E-state index in [1.165, 1.54) is 18.2 Å². The third-order valence-corrected chi connectivity index (χ3v) is 4.84. The van der Waals surface area contributed by atoms with E-state index in [9.17, 15) is 18.0 Å². The topological polar surface area (TPSA) is 97.7 Å². The van der Waals surface area contributed by atoms with Crippen LogP contribution >= 0.6 is 15.9 Å². The molecule has 1 aliphatic rings.